The van der Waals surface area contributed by atoms with Crippen LogP contribution in [0.25, 0.3) is 0 Å². The first-order valence-electron chi connectivity index (χ1n) is 4.21. The minimum absolute atomic E-state index is 0. The van der Waals surface area contributed by atoms with Crippen molar-refractivity contribution in [2.24, 2.45) is 11.8 Å². The normalized spacial score (nSPS) is 10.9. The minimum Gasteiger partial charge on any atom is -0.378 e. The Balaban J connectivity index is 0. The van der Waals surface area contributed by atoms with Gasteiger partial charge in [-0.1, -0.05) is 35.1 Å². The highest BCUT2D eigenvalue weighted by atomic mass is 16.5. The molecule has 0 saturated carbocycles. The van der Waals surface area contributed by atoms with Crippen molar-refractivity contribution in [2.45, 2.75) is 48.1 Å². The molecule has 0 amide bonds. The molecular weight excluding hydrogens is 136 g/mol. The van der Waals surface area contributed by atoms with Crippen LogP contribution in [-0.4, -0.2) is 12.7 Å². The molecule has 0 unspecified atom stereocenters. The zero-order chi connectivity index (χ0) is 8.15. The Kier molecular flexibility index (Phi) is 8.20. The van der Waals surface area contributed by atoms with Gasteiger partial charge in [0.1, 0.15) is 0 Å². The Labute approximate surface area is 72.1 Å². The first-order valence-corrected chi connectivity index (χ1v) is 4.21. The molecule has 0 heterocycles. The van der Waals surface area contributed by atoms with E-state index in [0.29, 0.717) is 17.9 Å². The quantitative estimate of drug-likeness (QED) is 0.613. The number of ether oxygens (including phenoxy) is 1. The topological polar surface area (TPSA) is 9.23 Å². The largest absolute Gasteiger partial charge is 0.378 e. The summed E-state index contributed by atoms with van der Waals surface area (Å²) in [6, 6.07) is 0. The Morgan fingerprint density at radius 3 is 1.45 bits per heavy atom. The van der Waals surface area contributed by atoms with Gasteiger partial charge in [0, 0.05) is 6.61 Å². The molecule has 1 nitrogen and oxygen atoms in total. The highest BCUT2D eigenvalue weighted by Crippen LogP contribution is 2.15. The third-order valence-electron chi connectivity index (χ3n) is 1.67. The van der Waals surface area contributed by atoms with Crippen molar-refractivity contribution in [3.8, 4) is 0 Å². The summed E-state index contributed by atoms with van der Waals surface area (Å²) in [6.07, 6.45) is 0.435. The summed E-state index contributed by atoms with van der Waals surface area (Å²) in [7, 11) is 0. The average Bonchev–Trinajstić information content (AvgIpc) is 1.81. The molecule has 11 heavy (non-hydrogen) atoms. The van der Waals surface area contributed by atoms with Crippen LogP contribution in [0.15, 0.2) is 0 Å². The third-order valence-corrected chi connectivity index (χ3v) is 1.67. The van der Waals surface area contributed by atoms with E-state index < -0.39 is 0 Å². The Morgan fingerprint density at radius 2 is 1.36 bits per heavy atom. The van der Waals surface area contributed by atoms with Crippen molar-refractivity contribution in [1.82, 2.24) is 0 Å². The fourth-order valence-electron chi connectivity index (χ4n) is 1.35. The van der Waals surface area contributed by atoms with E-state index in [2.05, 4.69) is 34.6 Å². The van der Waals surface area contributed by atoms with Gasteiger partial charge in [0.25, 0.3) is 0 Å². The highest BCUT2D eigenvalue weighted by molar-refractivity contribution is 4.65. The molecule has 0 saturated heterocycles. The zero-order valence-corrected chi connectivity index (χ0v) is 7.85. The molecule has 0 atom stereocenters. The predicted molar refractivity (Wildman–Crippen MR) is 51.8 cm³/mol. The summed E-state index contributed by atoms with van der Waals surface area (Å²) >= 11 is 0. The maximum Gasteiger partial charge on any atom is 0.0620 e. The first-order chi connectivity index (χ1) is 4.59. The van der Waals surface area contributed by atoms with Crippen LogP contribution in [0.5, 0.6) is 0 Å². The van der Waals surface area contributed by atoms with Crippen LogP contribution in [0.3, 0.4) is 0 Å². The maximum absolute atomic E-state index is 5.56. The van der Waals surface area contributed by atoms with Crippen LogP contribution in [0.2, 0.25) is 0 Å². The Bertz CT molecular complexity index is 68.9. The minimum atomic E-state index is 0. The molecule has 0 rings (SSSR count). The molecule has 0 aliphatic rings. The summed E-state index contributed by atoms with van der Waals surface area (Å²) in [6.45, 7) is 11.7. The van der Waals surface area contributed by atoms with Gasteiger partial charge in [0.2, 0.25) is 0 Å². The lowest BCUT2D eigenvalue weighted by Crippen LogP contribution is -2.25. The molecule has 0 aliphatic heterocycles. The fourth-order valence-corrected chi connectivity index (χ4v) is 1.35. The van der Waals surface area contributed by atoms with E-state index in [1.54, 1.807) is 0 Å². The highest BCUT2D eigenvalue weighted by Gasteiger charge is 2.16. The van der Waals surface area contributed by atoms with E-state index in [9.17, 15) is 0 Å². The van der Waals surface area contributed by atoms with Gasteiger partial charge in [-0.3, -0.25) is 0 Å². The summed E-state index contributed by atoms with van der Waals surface area (Å²) < 4.78 is 5.56. The molecule has 0 fully saturated rings. The van der Waals surface area contributed by atoms with Crippen molar-refractivity contribution >= 4 is 0 Å². The van der Waals surface area contributed by atoms with Crippen molar-refractivity contribution in [3.63, 3.8) is 0 Å². The predicted octanol–water partition coefficient (Wildman–Crippen LogP) is 3.34. The van der Waals surface area contributed by atoms with Gasteiger partial charge in [-0.15, -0.1) is 0 Å². The summed E-state index contributed by atoms with van der Waals surface area (Å²) in [4.78, 5) is 0. The van der Waals surface area contributed by atoms with E-state index in [4.69, 9.17) is 4.74 Å². The number of hydrogen-bond acceptors (Lipinski definition) is 1. The molecule has 0 radical (unpaired) electrons. The lowest BCUT2D eigenvalue weighted by Gasteiger charge is -2.24. The van der Waals surface area contributed by atoms with E-state index in [0.717, 1.165) is 6.61 Å². The van der Waals surface area contributed by atoms with Gasteiger partial charge < -0.3 is 4.74 Å². The molecule has 0 aromatic heterocycles. The van der Waals surface area contributed by atoms with Gasteiger partial charge in [-0.25, -0.2) is 0 Å². The second-order valence-corrected chi connectivity index (χ2v) is 3.41. The Morgan fingerprint density at radius 1 is 1.00 bits per heavy atom. The fraction of sp³-hybridized carbons (Fsp3) is 1.00. The van der Waals surface area contributed by atoms with Gasteiger partial charge in [0.15, 0.2) is 0 Å². The van der Waals surface area contributed by atoms with Crippen LogP contribution >= 0.6 is 0 Å². The lowest BCUT2D eigenvalue weighted by molar-refractivity contribution is -0.000762. The first kappa shape index (κ1) is 13.5. The second-order valence-electron chi connectivity index (χ2n) is 3.41. The average molecular weight is 160 g/mol. The smallest absolute Gasteiger partial charge is 0.0620 e. The molecule has 0 N–H and O–H groups in total. The molecule has 70 valence electrons. The zero-order valence-electron chi connectivity index (χ0n) is 7.85. The summed E-state index contributed by atoms with van der Waals surface area (Å²) in [5.74, 6) is 1.28. The molecule has 0 aliphatic carbocycles. The van der Waals surface area contributed by atoms with E-state index in [1.807, 2.05) is 0 Å². The molecule has 0 aromatic carbocycles. The van der Waals surface area contributed by atoms with Gasteiger partial charge in [-0.2, -0.15) is 0 Å². The van der Waals surface area contributed by atoms with Crippen LogP contribution < -0.4 is 0 Å². The van der Waals surface area contributed by atoms with Crippen molar-refractivity contribution in [2.75, 3.05) is 6.61 Å². The van der Waals surface area contributed by atoms with Crippen molar-refractivity contribution < 1.29 is 4.74 Å². The lowest BCUT2D eigenvalue weighted by atomic mass is 9.96. The maximum atomic E-state index is 5.56. The number of rotatable bonds is 4. The van der Waals surface area contributed by atoms with Crippen LogP contribution in [0.1, 0.15) is 42.0 Å². The van der Waals surface area contributed by atoms with Crippen molar-refractivity contribution in [3.05, 3.63) is 0 Å². The standard InChI is InChI=1S/C9H20O.CH4/c1-6-10-9(7(2)3)8(4)5;/h7-9H,6H2,1-5H3;1H4. The molecular formula is C10H24O. The van der Waals surface area contributed by atoms with Crippen molar-refractivity contribution in [1.29, 1.82) is 0 Å². The van der Waals surface area contributed by atoms with Gasteiger partial charge in [-0.05, 0) is 18.8 Å². The van der Waals surface area contributed by atoms with Crippen LogP contribution in [0.4, 0.5) is 0 Å². The van der Waals surface area contributed by atoms with E-state index in [1.165, 1.54) is 0 Å². The molecule has 1 heteroatoms. The summed E-state index contributed by atoms with van der Waals surface area (Å²) in [5, 5.41) is 0. The number of hydrogen-bond donors (Lipinski definition) is 0. The summed E-state index contributed by atoms with van der Waals surface area (Å²) in [5.41, 5.74) is 0. The van der Waals surface area contributed by atoms with Gasteiger partial charge in [0.05, 0.1) is 6.10 Å². The molecule has 0 bridgehead atoms. The van der Waals surface area contributed by atoms with Gasteiger partial charge >= 0.3 is 0 Å². The monoisotopic (exact) mass is 160 g/mol. The SMILES string of the molecule is C.CCOC(C(C)C)C(C)C. The Hall–Kier alpha value is -0.0400. The van der Waals surface area contributed by atoms with E-state index >= 15 is 0 Å². The third kappa shape index (κ3) is 5.25. The molecule has 0 spiro atoms. The molecule has 0 aromatic rings. The second kappa shape index (κ2) is 6.66. The van der Waals surface area contributed by atoms with Crippen LogP contribution in [0, 0.1) is 11.8 Å². The van der Waals surface area contributed by atoms with E-state index in [-0.39, 0.29) is 7.43 Å². The van der Waals surface area contributed by atoms with Crippen LogP contribution in [-0.2, 0) is 4.74 Å².